The van der Waals surface area contributed by atoms with Gasteiger partial charge in [0.15, 0.2) is 11.6 Å². The Kier molecular flexibility index (Phi) is 5.33. The van der Waals surface area contributed by atoms with Gasteiger partial charge in [0.25, 0.3) is 0 Å². The first-order valence-electron chi connectivity index (χ1n) is 11.7. The second kappa shape index (κ2) is 8.41. The molecule has 35 heavy (non-hydrogen) atoms. The highest BCUT2D eigenvalue weighted by Crippen LogP contribution is 2.64. The lowest BCUT2D eigenvalue weighted by molar-refractivity contribution is -0.120. The number of imidazole rings is 1. The Balaban J connectivity index is 1.08. The summed E-state index contributed by atoms with van der Waals surface area (Å²) in [6.07, 6.45) is 5.12. The van der Waals surface area contributed by atoms with Crippen LogP contribution in [0.4, 0.5) is 14.5 Å². The molecule has 2 aromatic heterocycles. The summed E-state index contributed by atoms with van der Waals surface area (Å²) in [7, 11) is 0. The average Bonchev–Trinajstić information content (AvgIpc) is 3.15. The van der Waals surface area contributed by atoms with Gasteiger partial charge in [-0.15, -0.1) is 0 Å². The summed E-state index contributed by atoms with van der Waals surface area (Å²) in [5, 5.41) is 3.63. The van der Waals surface area contributed by atoms with Crippen molar-refractivity contribution >= 4 is 34.2 Å². The highest BCUT2D eigenvalue weighted by molar-refractivity contribution is 6.30. The zero-order valence-electron chi connectivity index (χ0n) is 19.0. The first-order chi connectivity index (χ1) is 16.9. The van der Waals surface area contributed by atoms with E-state index in [-0.39, 0.29) is 17.9 Å². The smallest absolute Gasteiger partial charge is 0.227 e. The summed E-state index contributed by atoms with van der Waals surface area (Å²) >= 11 is 5.90. The number of aromatic nitrogens is 3. The lowest BCUT2D eigenvalue weighted by Gasteiger charge is -2.20. The SMILES string of the molecule is C[C@H](C(=O)Nc1ccc(-c2ccc(Cl)cn2)cc1)C1[C@H]2CC(n3cnc4cc(F)c(F)cc43)C[C@@H]12. The lowest BCUT2D eigenvalue weighted by atomic mass is 9.96. The van der Waals surface area contributed by atoms with Crippen molar-refractivity contribution in [2.45, 2.75) is 25.8 Å². The van der Waals surface area contributed by atoms with Gasteiger partial charge in [-0.25, -0.2) is 13.8 Å². The van der Waals surface area contributed by atoms with Gasteiger partial charge in [0.1, 0.15) is 0 Å². The third-order valence-electron chi connectivity index (χ3n) is 7.66. The topological polar surface area (TPSA) is 59.8 Å². The second-order valence-electron chi connectivity index (χ2n) is 9.65. The monoisotopic (exact) mass is 492 g/mol. The van der Waals surface area contributed by atoms with Gasteiger partial charge in [0.2, 0.25) is 5.91 Å². The molecule has 2 fully saturated rings. The van der Waals surface area contributed by atoms with E-state index >= 15 is 0 Å². The summed E-state index contributed by atoms with van der Waals surface area (Å²) < 4.78 is 29.2. The Morgan fingerprint density at radius 1 is 1.06 bits per heavy atom. The molecular weight excluding hydrogens is 470 g/mol. The first kappa shape index (κ1) is 22.2. The number of carbonyl (C=O) groups excluding carboxylic acids is 1. The maximum atomic E-state index is 13.8. The fourth-order valence-corrected chi connectivity index (χ4v) is 5.96. The Bertz CT molecular complexity index is 1410. The number of nitrogens with zero attached hydrogens (tertiary/aromatic N) is 3. The van der Waals surface area contributed by atoms with E-state index in [1.54, 1.807) is 18.6 Å². The molecule has 2 heterocycles. The van der Waals surface area contributed by atoms with Crippen LogP contribution in [0.25, 0.3) is 22.3 Å². The molecule has 178 valence electrons. The first-order valence-corrected chi connectivity index (χ1v) is 12.1. The van der Waals surface area contributed by atoms with Gasteiger partial charge >= 0.3 is 0 Å². The van der Waals surface area contributed by atoms with Gasteiger partial charge in [0.05, 0.1) is 28.1 Å². The summed E-state index contributed by atoms with van der Waals surface area (Å²) in [4.78, 5) is 21.5. The number of benzene rings is 2. The van der Waals surface area contributed by atoms with Crippen molar-refractivity contribution in [1.82, 2.24) is 14.5 Å². The maximum absolute atomic E-state index is 13.8. The molecule has 5 atom stereocenters. The number of carbonyl (C=O) groups is 1. The Labute approximate surface area is 206 Å². The number of pyridine rings is 1. The van der Waals surface area contributed by atoms with Gasteiger partial charge in [-0.1, -0.05) is 30.7 Å². The molecule has 2 unspecified atom stereocenters. The third-order valence-corrected chi connectivity index (χ3v) is 7.89. The zero-order valence-corrected chi connectivity index (χ0v) is 19.7. The predicted octanol–water partition coefficient (Wildman–Crippen LogP) is 6.50. The number of rotatable bonds is 5. The average molecular weight is 493 g/mol. The van der Waals surface area contributed by atoms with Crippen LogP contribution in [0.3, 0.4) is 0 Å². The van der Waals surface area contributed by atoms with Crippen LogP contribution in [0.2, 0.25) is 5.02 Å². The van der Waals surface area contributed by atoms with E-state index in [0.29, 0.717) is 33.8 Å². The van der Waals surface area contributed by atoms with E-state index < -0.39 is 11.6 Å². The minimum atomic E-state index is -0.881. The second-order valence-corrected chi connectivity index (χ2v) is 10.1. The van der Waals surface area contributed by atoms with E-state index in [4.69, 9.17) is 11.6 Å². The Morgan fingerprint density at radius 2 is 1.77 bits per heavy atom. The molecule has 1 N–H and O–H groups in total. The number of hydrogen-bond acceptors (Lipinski definition) is 3. The van der Waals surface area contributed by atoms with Crippen LogP contribution in [0.1, 0.15) is 25.8 Å². The number of nitrogens with one attached hydrogen (secondary N) is 1. The molecule has 0 bridgehead atoms. The zero-order chi connectivity index (χ0) is 24.3. The van der Waals surface area contributed by atoms with Crippen LogP contribution in [0.5, 0.6) is 0 Å². The van der Waals surface area contributed by atoms with Crippen molar-refractivity contribution in [3.05, 3.63) is 77.7 Å². The molecule has 0 spiro atoms. The molecule has 0 saturated heterocycles. The summed E-state index contributed by atoms with van der Waals surface area (Å²) in [5.74, 6) is -0.564. The van der Waals surface area contributed by atoms with E-state index in [9.17, 15) is 13.6 Å². The van der Waals surface area contributed by atoms with Crippen LogP contribution in [-0.4, -0.2) is 20.4 Å². The van der Waals surface area contributed by atoms with Crippen LogP contribution >= 0.6 is 11.6 Å². The molecule has 8 heteroatoms. The van der Waals surface area contributed by atoms with E-state index in [1.807, 2.05) is 41.8 Å². The molecule has 2 saturated carbocycles. The molecule has 6 rings (SSSR count). The molecule has 2 aliphatic carbocycles. The normalized spacial score (nSPS) is 23.8. The number of hydrogen-bond donors (Lipinski definition) is 1. The summed E-state index contributed by atoms with van der Waals surface area (Å²) in [6.45, 7) is 1.99. The molecule has 2 aliphatic rings. The minimum absolute atomic E-state index is 0.0175. The van der Waals surface area contributed by atoms with Crippen molar-refractivity contribution in [2.75, 3.05) is 5.32 Å². The molecule has 1 amide bonds. The molecule has 2 aromatic carbocycles. The molecule has 4 aromatic rings. The third kappa shape index (κ3) is 3.97. The standard InChI is InChI=1S/C27H23ClF2N4O/c1-14(27(35)33-17-5-2-15(3-6-17)23-7-4-16(28)12-31-23)26-19-8-18(9-20(19)26)34-13-32-24-10-21(29)22(30)11-25(24)34/h2-7,10-14,18-20,26H,8-9H2,1H3,(H,33,35)/t14-,18?,19-,20+,26?/m0/s1. The molecular formula is C27H23ClF2N4O. The predicted molar refractivity (Wildman–Crippen MR) is 131 cm³/mol. The quantitative estimate of drug-likeness (QED) is 0.346. The van der Waals surface area contributed by atoms with Gasteiger partial charge in [-0.05, 0) is 54.9 Å². The summed E-state index contributed by atoms with van der Waals surface area (Å²) in [5.41, 5.74) is 3.61. The number of amides is 1. The van der Waals surface area contributed by atoms with E-state index in [2.05, 4.69) is 15.3 Å². The van der Waals surface area contributed by atoms with Gasteiger partial charge in [-0.2, -0.15) is 0 Å². The highest BCUT2D eigenvalue weighted by atomic mass is 35.5. The van der Waals surface area contributed by atoms with Crippen molar-refractivity contribution in [3.63, 3.8) is 0 Å². The van der Waals surface area contributed by atoms with Crippen molar-refractivity contribution in [1.29, 1.82) is 0 Å². The minimum Gasteiger partial charge on any atom is -0.327 e. The fraction of sp³-hybridized carbons (Fsp3) is 0.296. The van der Waals surface area contributed by atoms with Crippen LogP contribution in [-0.2, 0) is 4.79 Å². The maximum Gasteiger partial charge on any atom is 0.227 e. The molecule has 0 radical (unpaired) electrons. The van der Waals surface area contributed by atoms with E-state index in [1.165, 1.54) is 6.07 Å². The molecule has 0 aliphatic heterocycles. The Morgan fingerprint density at radius 3 is 2.46 bits per heavy atom. The van der Waals surface area contributed by atoms with Crippen molar-refractivity contribution < 1.29 is 13.6 Å². The number of halogens is 3. The van der Waals surface area contributed by atoms with Crippen LogP contribution < -0.4 is 5.32 Å². The van der Waals surface area contributed by atoms with Crippen molar-refractivity contribution in [3.8, 4) is 11.3 Å². The van der Waals surface area contributed by atoms with E-state index in [0.717, 1.165) is 35.9 Å². The largest absolute Gasteiger partial charge is 0.327 e. The van der Waals surface area contributed by atoms with Gasteiger partial charge in [0, 0.05) is 41.5 Å². The number of fused-ring (bicyclic) bond motifs is 2. The molecule has 5 nitrogen and oxygen atoms in total. The van der Waals surface area contributed by atoms with Crippen LogP contribution in [0.15, 0.2) is 61.1 Å². The lowest BCUT2D eigenvalue weighted by Crippen LogP contribution is -2.24. The van der Waals surface area contributed by atoms with Crippen molar-refractivity contribution in [2.24, 2.45) is 23.7 Å². The number of anilines is 1. The highest BCUT2D eigenvalue weighted by Gasteiger charge is 2.59. The van der Waals surface area contributed by atoms with Crippen LogP contribution in [0, 0.1) is 35.3 Å². The Hall–Kier alpha value is -3.32. The van der Waals surface area contributed by atoms with Gasteiger partial charge < -0.3 is 9.88 Å². The summed E-state index contributed by atoms with van der Waals surface area (Å²) in [6, 6.07) is 13.8. The fourth-order valence-electron chi connectivity index (χ4n) is 5.85. The van der Waals surface area contributed by atoms with Gasteiger partial charge in [-0.3, -0.25) is 9.78 Å².